The number of terminal acetylenes is 1. The highest BCUT2D eigenvalue weighted by molar-refractivity contribution is 8.18. The lowest BCUT2D eigenvalue weighted by Crippen LogP contribution is -2.28. The van der Waals surface area contributed by atoms with Crippen LogP contribution in [0.25, 0.3) is 6.08 Å². The van der Waals surface area contributed by atoms with Crippen LogP contribution in [-0.4, -0.2) is 34.6 Å². The molecule has 8 nitrogen and oxygen atoms in total. The first-order chi connectivity index (χ1) is 10.9. The maximum absolute atomic E-state index is 12.0. The van der Waals surface area contributed by atoms with E-state index in [0.717, 1.165) is 11.0 Å². The van der Waals surface area contributed by atoms with Gasteiger partial charge in [-0.2, -0.15) is 0 Å². The van der Waals surface area contributed by atoms with Gasteiger partial charge in [0.1, 0.15) is 5.75 Å². The second-order valence-electron chi connectivity index (χ2n) is 4.30. The number of ether oxygens (including phenoxy) is 1. The number of nitrogens with zero attached hydrogens (tertiary/aromatic N) is 2. The summed E-state index contributed by atoms with van der Waals surface area (Å²) in [6, 6.07) is 2.27. The van der Waals surface area contributed by atoms with E-state index < -0.39 is 27.5 Å². The van der Waals surface area contributed by atoms with Crippen LogP contribution in [0.3, 0.4) is 0 Å². The maximum Gasteiger partial charge on any atom is 0.294 e. The van der Waals surface area contributed by atoms with Crippen LogP contribution in [0.1, 0.15) is 5.56 Å². The highest BCUT2D eigenvalue weighted by atomic mass is 32.2. The standard InChI is InChI=1S/C14H10N2O6S/c1-3-4-15-13(18)11(23-14(15)19)7-8-5-9(16(20)21)12(17)10(6-8)22-2/h1,5-7,17H,4H2,2H3/p-1/b11-7+. The van der Waals surface area contributed by atoms with Crippen molar-refractivity contribution in [3.63, 3.8) is 0 Å². The Labute approximate surface area is 134 Å². The van der Waals surface area contributed by atoms with Crippen molar-refractivity contribution in [2.45, 2.75) is 0 Å². The predicted molar refractivity (Wildman–Crippen MR) is 80.6 cm³/mol. The number of hydrogen-bond acceptors (Lipinski definition) is 7. The number of thioether (sulfide) groups is 1. The molecule has 23 heavy (non-hydrogen) atoms. The van der Waals surface area contributed by atoms with Crippen LogP contribution in [0.15, 0.2) is 17.0 Å². The van der Waals surface area contributed by atoms with Gasteiger partial charge in [0.2, 0.25) is 0 Å². The summed E-state index contributed by atoms with van der Waals surface area (Å²) in [4.78, 5) is 34.7. The smallest absolute Gasteiger partial charge is 0.294 e. The Morgan fingerprint density at radius 3 is 2.74 bits per heavy atom. The third-order valence-corrected chi connectivity index (χ3v) is 3.80. The minimum absolute atomic E-state index is 0.0558. The second kappa shape index (κ2) is 6.41. The minimum atomic E-state index is -0.866. The lowest BCUT2D eigenvalue weighted by atomic mass is 10.1. The maximum atomic E-state index is 12.0. The molecule has 0 atom stereocenters. The number of carbonyl (C=O) groups is 2. The molecular weight excluding hydrogens is 324 g/mol. The van der Waals surface area contributed by atoms with Crippen molar-refractivity contribution < 1.29 is 24.4 Å². The molecule has 1 saturated heterocycles. The molecule has 1 aliphatic heterocycles. The lowest BCUT2D eigenvalue weighted by Gasteiger charge is -2.13. The van der Waals surface area contributed by atoms with Gasteiger partial charge >= 0.3 is 0 Å². The van der Waals surface area contributed by atoms with Gasteiger partial charge in [-0.1, -0.05) is 5.92 Å². The Bertz CT molecular complexity index is 780. The summed E-state index contributed by atoms with van der Waals surface area (Å²) >= 11 is 0.663. The van der Waals surface area contributed by atoms with Gasteiger partial charge in [-0.05, 0) is 29.5 Å². The average Bonchev–Trinajstić information content (AvgIpc) is 2.76. The van der Waals surface area contributed by atoms with Gasteiger partial charge in [-0.15, -0.1) is 6.42 Å². The van der Waals surface area contributed by atoms with E-state index in [1.54, 1.807) is 0 Å². The van der Waals surface area contributed by atoms with Gasteiger partial charge in [-0.25, -0.2) is 0 Å². The van der Waals surface area contributed by atoms with Crippen LogP contribution in [0.5, 0.6) is 11.5 Å². The number of rotatable bonds is 4. The summed E-state index contributed by atoms with van der Waals surface area (Å²) in [6.45, 7) is -0.162. The molecule has 1 fully saturated rings. The molecule has 0 aromatic heterocycles. The van der Waals surface area contributed by atoms with E-state index in [4.69, 9.17) is 11.2 Å². The lowest BCUT2D eigenvalue weighted by molar-refractivity contribution is -0.398. The zero-order valence-electron chi connectivity index (χ0n) is 11.8. The summed E-state index contributed by atoms with van der Waals surface area (Å²) in [7, 11) is 1.20. The van der Waals surface area contributed by atoms with Crippen LogP contribution >= 0.6 is 11.8 Å². The zero-order chi connectivity index (χ0) is 17.1. The van der Waals surface area contributed by atoms with Gasteiger partial charge in [0.25, 0.3) is 16.8 Å². The number of hydrogen-bond donors (Lipinski definition) is 0. The molecule has 0 unspecified atom stereocenters. The number of amides is 2. The summed E-state index contributed by atoms with van der Waals surface area (Å²) in [6.07, 6.45) is 6.36. The molecule has 9 heteroatoms. The molecule has 0 aliphatic carbocycles. The fraction of sp³-hybridized carbons (Fsp3) is 0.143. The van der Waals surface area contributed by atoms with Crippen LogP contribution in [-0.2, 0) is 4.79 Å². The van der Waals surface area contributed by atoms with Crippen molar-refractivity contribution in [1.82, 2.24) is 4.90 Å². The molecule has 0 radical (unpaired) electrons. The molecule has 1 aromatic carbocycles. The van der Waals surface area contributed by atoms with Crippen LogP contribution in [0.4, 0.5) is 10.5 Å². The first-order valence-corrected chi connectivity index (χ1v) is 6.93. The minimum Gasteiger partial charge on any atom is -0.865 e. The number of nitro benzene ring substituents is 1. The Morgan fingerprint density at radius 2 is 2.17 bits per heavy atom. The number of carbonyl (C=O) groups excluding carboxylic acids is 2. The molecule has 0 spiro atoms. The van der Waals surface area contributed by atoms with Crippen molar-refractivity contribution in [2.24, 2.45) is 0 Å². The fourth-order valence-electron chi connectivity index (χ4n) is 1.86. The first-order valence-electron chi connectivity index (χ1n) is 6.11. The van der Waals surface area contributed by atoms with Crippen molar-refractivity contribution in [2.75, 3.05) is 13.7 Å². The number of methoxy groups -OCH3 is 1. The van der Waals surface area contributed by atoms with Crippen molar-refractivity contribution >= 4 is 34.7 Å². The number of imide groups is 1. The summed E-state index contributed by atoms with van der Waals surface area (Å²) in [5.41, 5.74) is -0.488. The third-order valence-electron chi connectivity index (χ3n) is 2.89. The Kier molecular flexibility index (Phi) is 4.57. The summed E-state index contributed by atoms with van der Waals surface area (Å²) < 4.78 is 4.81. The highest BCUT2D eigenvalue weighted by Gasteiger charge is 2.34. The van der Waals surface area contributed by atoms with Crippen molar-refractivity contribution in [3.8, 4) is 23.8 Å². The van der Waals surface area contributed by atoms with Crippen LogP contribution in [0, 0.1) is 22.5 Å². The van der Waals surface area contributed by atoms with Crippen molar-refractivity contribution in [3.05, 3.63) is 32.7 Å². The fourth-order valence-corrected chi connectivity index (χ4v) is 2.70. The zero-order valence-corrected chi connectivity index (χ0v) is 12.6. The molecule has 2 amide bonds. The Balaban J connectivity index is 2.46. The quantitative estimate of drug-likeness (QED) is 0.354. The van der Waals surface area contributed by atoms with Crippen LogP contribution < -0.4 is 9.84 Å². The van der Waals surface area contributed by atoms with Gasteiger partial charge in [0.15, 0.2) is 0 Å². The molecule has 1 aromatic rings. The predicted octanol–water partition coefficient (Wildman–Crippen LogP) is 1.35. The molecule has 1 heterocycles. The largest absolute Gasteiger partial charge is 0.865 e. The molecule has 0 saturated carbocycles. The average molecular weight is 333 g/mol. The Morgan fingerprint density at radius 1 is 1.48 bits per heavy atom. The Hall–Kier alpha value is -2.99. The SMILES string of the molecule is C#CCN1C(=O)S/C(=C/c2cc(OC)c([O-])c([N+](=O)[O-])c2)C1=O. The molecular formula is C14H9N2O6S-. The van der Waals surface area contributed by atoms with E-state index in [-0.39, 0.29) is 22.8 Å². The van der Waals surface area contributed by atoms with Gasteiger partial charge in [0, 0.05) is 11.8 Å². The van der Waals surface area contributed by atoms with Crippen LogP contribution in [0.2, 0.25) is 0 Å². The van der Waals surface area contributed by atoms with Crippen molar-refractivity contribution in [1.29, 1.82) is 0 Å². The van der Waals surface area contributed by atoms with E-state index in [0.29, 0.717) is 11.8 Å². The molecule has 0 N–H and O–H groups in total. The molecule has 118 valence electrons. The second-order valence-corrected chi connectivity index (χ2v) is 5.29. The van der Waals surface area contributed by atoms with E-state index in [9.17, 15) is 24.8 Å². The van der Waals surface area contributed by atoms with E-state index in [2.05, 4.69) is 5.92 Å². The van der Waals surface area contributed by atoms with E-state index in [1.807, 2.05) is 0 Å². The number of benzene rings is 1. The summed E-state index contributed by atoms with van der Waals surface area (Å²) in [5, 5.41) is 22.1. The van der Waals surface area contributed by atoms with Gasteiger partial charge < -0.3 is 9.84 Å². The van der Waals surface area contributed by atoms with Gasteiger partial charge in [0.05, 0.1) is 23.5 Å². The van der Waals surface area contributed by atoms with E-state index >= 15 is 0 Å². The first kappa shape index (κ1) is 16.4. The molecule has 1 aliphatic rings. The number of nitro groups is 1. The van der Waals surface area contributed by atoms with Gasteiger partial charge in [-0.3, -0.25) is 24.6 Å². The topological polar surface area (TPSA) is 113 Å². The highest BCUT2D eigenvalue weighted by Crippen LogP contribution is 2.37. The third kappa shape index (κ3) is 3.12. The normalized spacial score (nSPS) is 15.8. The van der Waals surface area contributed by atoms with E-state index in [1.165, 1.54) is 19.3 Å². The molecule has 2 rings (SSSR count). The monoisotopic (exact) mass is 333 g/mol. The molecule has 0 bridgehead atoms. The summed E-state index contributed by atoms with van der Waals surface area (Å²) in [5.74, 6) is 0.512.